The third-order valence-electron chi connectivity index (χ3n) is 2.62. The summed E-state index contributed by atoms with van der Waals surface area (Å²) in [5.41, 5.74) is -0.0883. The smallest absolute Gasteiger partial charge is 0.223 e. The molecule has 0 heterocycles. The zero-order valence-corrected chi connectivity index (χ0v) is 12.0. The molecule has 0 atom stereocenters. The fourth-order valence-electron chi connectivity index (χ4n) is 1.56. The third-order valence-corrected chi connectivity index (χ3v) is 4.02. The molecule has 112 valence electrons. The van der Waals surface area contributed by atoms with Crippen LogP contribution in [0.4, 0.5) is 14.5 Å². The van der Waals surface area contributed by atoms with Crippen molar-refractivity contribution in [1.29, 1.82) is 0 Å². The van der Waals surface area contributed by atoms with Crippen molar-refractivity contribution in [2.75, 3.05) is 23.7 Å². The fourth-order valence-corrected chi connectivity index (χ4v) is 2.17. The molecular formula is C12H16F2N2O3S. The van der Waals surface area contributed by atoms with Crippen LogP contribution < -0.4 is 9.62 Å². The van der Waals surface area contributed by atoms with Gasteiger partial charge in [-0.3, -0.25) is 4.79 Å². The number of sulfonamides is 1. The Labute approximate surface area is 116 Å². The number of nitrogens with zero attached hydrogens (tertiary/aromatic N) is 1. The molecule has 0 saturated carbocycles. The van der Waals surface area contributed by atoms with Crippen molar-refractivity contribution in [3.63, 3.8) is 0 Å². The lowest BCUT2D eigenvalue weighted by atomic mass is 10.2. The number of amides is 1. The van der Waals surface area contributed by atoms with E-state index in [1.807, 2.05) is 0 Å². The molecule has 0 fully saturated rings. The van der Waals surface area contributed by atoms with Gasteiger partial charge in [0.15, 0.2) is 0 Å². The first-order valence-electron chi connectivity index (χ1n) is 5.97. The molecule has 0 aliphatic carbocycles. The van der Waals surface area contributed by atoms with Gasteiger partial charge in [-0.05, 0) is 19.1 Å². The molecule has 0 aliphatic heterocycles. The first kappa shape index (κ1) is 16.5. The molecule has 1 amide bonds. The minimum Gasteiger partial charge on any atom is -0.309 e. The second-order valence-corrected chi connectivity index (χ2v) is 6.16. The first-order chi connectivity index (χ1) is 9.26. The molecule has 8 heteroatoms. The average Bonchev–Trinajstić information content (AvgIpc) is 2.35. The van der Waals surface area contributed by atoms with Crippen molar-refractivity contribution >= 4 is 21.6 Å². The SMILES string of the molecule is CCS(=O)(=O)NCCN(C(C)=O)c1ccc(F)cc1F. The van der Waals surface area contributed by atoms with Crippen molar-refractivity contribution in [2.45, 2.75) is 13.8 Å². The Morgan fingerprint density at radius 1 is 1.35 bits per heavy atom. The number of hydrogen-bond donors (Lipinski definition) is 1. The Bertz CT molecular complexity index is 590. The summed E-state index contributed by atoms with van der Waals surface area (Å²) >= 11 is 0. The lowest BCUT2D eigenvalue weighted by molar-refractivity contribution is -0.116. The van der Waals surface area contributed by atoms with Gasteiger partial charge in [0.05, 0.1) is 11.4 Å². The quantitative estimate of drug-likeness (QED) is 0.860. The van der Waals surface area contributed by atoms with E-state index in [1.54, 1.807) is 0 Å². The minimum absolute atomic E-state index is 0.0445. The van der Waals surface area contributed by atoms with E-state index in [9.17, 15) is 22.0 Å². The van der Waals surface area contributed by atoms with Crippen molar-refractivity contribution in [3.8, 4) is 0 Å². The van der Waals surface area contributed by atoms with Crippen LogP contribution in [0.2, 0.25) is 0 Å². The summed E-state index contributed by atoms with van der Waals surface area (Å²) in [5, 5.41) is 0. The Morgan fingerprint density at radius 2 is 2.00 bits per heavy atom. The highest BCUT2D eigenvalue weighted by Crippen LogP contribution is 2.20. The van der Waals surface area contributed by atoms with Crippen LogP contribution in [-0.4, -0.2) is 33.2 Å². The molecule has 0 bridgehead atoms. The number of nitrogens with one attached hydrogen (secondary N) is 1. The summed E-state index contributed by atoms with van der Waals surface area (Å²) in [7, 11) is -3.38. The fraction of sp³-hybridized carbons (Fsp3) is 0.417. The average molecular weight is 306 g/mol. The lowest BCUT2D eigenvalue weighted by Gasteiger charge is -2.21. The maximum absolute atomic E-state index is 13.6. The molecule has 0 unspecified atom stereocenters. The maximum Gasteiger partial charge on any atom is 0.223 e. The van der Waals surface area contributed by atoms with Crippen LogP contribution in [0.25, 0.3) is 0 Å². The molecule has 5 nitrogen and oxygen atoms in total. The third kappa shape index (κ3) is 4.53. The van der Waals surface area contributed by atoms with Gasteiger partial charge in [-0.1, -0.05) is 0 Å². The van der Waals surface area contributed by atoms with Crippen LogP contribution >= 0.6 is 0 Å². The number of rotatable bonds is 6. The molecule has 0 aliphatic rings. The lowest BCUT2D eigenvalue weighted by Crippen LogP contribution is -2.38. The van der Waals surface area contributed by atoms with Gasteiger partial charge < -0.3 is 4.90 Å². The van der Waals surface area contributed by atoms with Gasteiger partial charge in [0.1, 0.15) is 11.6 Å². The normalized spacial score (nSPS) is 11.4. The van der Waals surface area contributed by atoms with Crippen LogP contribution in [-0.2, 0) is 14.8 Å². The van der Waals surface area contributed by atoms with Gasteiger partial charge >= 0.3 is 0 Å². The van der Waals surface area contributed by atoms with Gasteiger partial charge in [-0.25, -0.2) is 21.9 Å². The van der Waals surface area contributed by atoms with Crippen LogP contribution in [0.5, 0.6) is 0 Å². The van der Waals surface area contributed by atoms with Gasteiger partial charge in [-0.15, -0.1) is 0 Å². The molecule has 0 aromatic heterocycles. The molecule has 0 spiro atoms. The predicted octanol–water partition coefficient (Wildman–Crippen LogP) is 1.26. The van der Waals surface area contributed by atoms with Crippen LogP contribution in [0.3, 0.4) is 0 Å². The highest BCUT2D eigenvalue weighted by Gasteiger charge is 2.17. The Morgan fingerprint density at radius 3 is 2.50 bits per heavy atom. The Balaban J connectivity index is 2.83. The van der Waals surface area contributed by atoms with E-state index in [4.69, 9.17) is 0 Å². The standard InChI is InChI=1S/C12H16F2N2O3S/c1-3-20(18,19)15-6-7-16(9(2)17)12-5-4-10(13)8-11(12)14/h4-5,8,15H,3,6-7H2,1-2H3. The number of anilines is 1. The van der Waals surface area contributed by atoms with E-state index in [2.05, 4.69) is 4.72 Å². The Hall–Kier alpha value is -1.54. The second kappa shape index (κ2) is 6.76. The number of benzene rings is 1. The van der Waals surface area contributed by atoms with Gasteiger partial charge in [0.2, 0.25) is 15.9 Å². The number of halogens is 2. The molecule has 1 N–H and O–H groups in total. The molecule has 1 aromatic rings. The topological polar surface area (TPSA) is 66.5 Å². The summed E-state index contributed by atoms with van der Waals surface area (Å²) < 4.78 is 51.2. The van der Waals surface area contributed by atoms with Crippen molar-refractivity contribution in [2.24, 2.45) is 0 Å². The van der Waals surface area contributed by atoms with Gasteiger partial charge in [0.25, 0.3) is 0 Å². The van der Waals surface area contributed by atoms with Gasteiger partial charge in [-0.2, -0.15) is 0 Å². The number of hydrogen-bond acceptors (Lipinski definition) is 3. The highest BCUT2D eigenvalue weighted by atomic mass is 32.2. The molecule has 20 heavy (non-hydrogen) atoms. The van der Waals surface area contributed by atoms with Crippen LogP contribution in [0.15, 0.2) is 18.2 Å². The second-order valence-electron chi connectivity index (χ2n) is 4.06. The summed E-state index contributed by atoms with van der Waals surface area (Å²) in [6, 6.07) is 2.84. The van der Waals surface area contributed by atoms with E-state index in [1.165, 1.54) is 13.8 Å². The minimum atomic E-state index is -3.38. The monoisotopic (exact) mass is 306 g/mol. The van der Waals surface area contributed by atoms with E-state index >= 15 is 0 Å². The summed E-state index contributed by atoms with van der Waals surface area (Å²) in [6.45, 7) is 2.60. The van der Waals surface area contributed by atoms with E-state index < -0.39 is 27.6 Å². The van der Waals surface area contributed by atoms with Crippen LogP contribution in [0, 0.1) is 11.6 Å². The van der Waals surface area contributed by atoms with Gasteiger partial charge in [0, 0.05) is 26.1 Å². The highest BCUT2D eigenvalue weighted by molar-refractivity contribution is 7.89. The van der Waals surface area contributed by atoms with Crippen molar-refractivity contribution in [1.82, 2.24) is 4.72 Å². The van der Waals surface area contributed by atoms with Crippen molar-refractivity contribution < 1.29 is 22.0 Å². The summed E-state index contributed by atoms with van der Waals surface area (Å²) in [6.07, 6.45) is 0. The molecule has 0 saturated heterocycles. The number of carbonyl (C=O) groups excluding carboxylic acids is 1. The molecule has 0 radical (unpaired) electrons. The molecule has 1 aromatic carbocycles. The zero-order valence-electron chi connectivity index (χ0n) is 11.2. The van der Waals surface area contributed by atoms with E-state index in [-0.39, 0.29) is 24.5 Å². The van der Waals surface area contributed by atoms with Crippen molar-refractivity contribution in [3.05, 3.63) is 29.8 Å². The first-order valence-corrected chi connectivity index (χ1v) is 7.62. The van der Waals surface area contributed by atoms with E-state index in [0.29, 0.717) is 6.07 Å². The van der Waals surface area contributed by atoms with Crippen LogP contribution in [0.1, 0.15) is 13.8 Å². The number of carbonyl (C=O) groups is 1. The maximum atomic E-state index is 13.6. The largest absolute Gasteiger partial charge is 0.309 e. The summed E-state index contributed by atoms with van der Waals surface area (Å²) in [4.78, 5) is 12.5. The Kier molecular flexibility index (Phi) is 5.58. The molecular weight excluding hydrogens is 290 g/mol. The molecule has 1 rings (SSSR count). The summed E-state index contributed by atoms with van der Waals surface area (Å²) in [5.74, 6) is -2.18. The predicted molar refractivity (Wildman–Crippen MR) is 71.8 cm³/mol. The zero-order chi connectivity index (χ0) is 15.3. The van der Waals surface area contributed by atoms with E-state index in [0.717, 1.165) is 17.0 Å².